The van der Waals surface area contributed by atoms with Gasteiger partial charge in [-0.05, 0) is 43.0 Å². The summed E-state index contributed by atoms with van der Waals surface area (Å²) in [6, 6.07) is 6.07. The number of aromatic amines is 1. The standard InChI is InChI=1S/C18H20N2O2/c1-18-8-7-16(22)20(2)15(18)6-4-12-13-9-11(10-21)3-5-14(13)19-17(12)18/h3,5-6,9,19,21H,4,7-8,10H2,1-2H3. The van der Waals surface area contributed by atoms with Crippen LogP contribution in [0.25, 0.3) is 10.9 Å². The van der Waals surface area contributed by atoms with Crippen molar-refractivity contribution in [1.82, 2.24) is 9.88 Å². The molecule has 4 heteroatoms. The van der Waals surface area contributed by atoms with Gasteiger partial charge in [0.2, 0.25) is 5.91 Å². The van der Waals surface area contributed by atoms with Gasteiger partial charge >= 0.3 is 0 Å². The Hall–Kier alpha value is -2.07. The predicted molar refractivity (Wildman–Crippen MR) is 85.4 cm³/mol. The lowest BCUT2D eigenvalue weighted by atomic mass is 9.71. The number of likely N-dealkylation sites (N-methyl/N-ethyl adjacent to an activating group) is 1. The van der Waals surface area contributed by atoms with E-state index in [1.807, 2.05) is 24.1 Å². The van der Waals surface area contributed by atoms with Crippen LogP contribution < -0.4 is 0 Å². The van der Waals surface area contributed by atoms with Crippen LogP contribution in [0.1, 0.15) is 36.6 Å². The summed E-state index contributed by atoms with van der Waals surface area (Å²) < 4.78 is 0. The van der Waals surface area contributed by atoms with Crippen LogP contribution >= 0.6 is 0 Å². The Morgan fingerprint density at radius 3 is 3.00 bits per heavy atom. The fraction of sp³-hybridized carbons (Fsp3) is 0.389. The first-order valence-electron chi connectivity index (χ1n) is 7.76. The van der Waals surface area contributed by atoms with Gasteiger partial charge in [-0.25, -0.2) is 0 Å². The number of piperidine rings is 1. The number of nitrogens with one attached hydrogen (secondary N) is 1. The summed E-state index contributed by atoms with van der Waals surface area (Å²) in [6.07, 6.45) is 4.45. The molecule has 0 radical (unpaired) electrons. The zero-order valence-electron chi connectivity index (χ0n) is 12.9. The summed E-state index contributed by atoms with van der Waals surface area (Å²) in [6.45, 7) is 2.29. The van der Waals surface area contributed by atoms with Crippen LogP contribution in [0.15, 0.2) is 30.0 Å². The summed E-state index contributed by atoms with van der Waals surface area (Å²) in [5, 5.41) is 10.6. The van der Waals surface area contributed by atoms with E-state index in [9.17, 15) is 9.90 Å². The summed E-state index contributed by atoms with van der Waals surface area (Å²) >= 11 is 0. The fourth-order valence-corrected chi connectivity index (χ4v) is 4.05. The van der Waals surface area contributed by atoms with Crippen molar-refractivity contribution in [3.8, 4) is 0 Å². The van der Waals surface area contributed by atoms with Crippen molar-refractivity contribution in [3.63, 3.8) is 0 Å². The molecule has 1 aromatic heterocycles. The SMILES string of the molecule is CN1C(=O)CCC2(C)C1=CCc1c2[nH]c2ccc(CO)cc12. The Morgan fingerprint density at radius 1 is 1.41 bits per heavy atom. The number of allylic oxidation sites excluding steroid dienone is 2. The Bertz CT molecular complexity index is 818. The van der Waals surface area contributed by atoms with Crippen LogP contribution in [0.3, 0.4) is 0 Å². The van der Waals surface area contributed by atoms with Crippen LogP contribution in [0.2, 0.25) is 0 Å². The van der Waals surface area contributed by atoms with Gasteiger partial charge in [-0.2, -0.15) is 0 Å². The molecule has 0 saturated carbocycles. The van der Waals surface area contributed by atoms with E-state index in [1.54, 1.807) is 0 Å². The van der Waals surface area contributed by atoms with E-state index in [0.717, 1.165) is 29.6 Å². The molecule has 22 heavy (non-hydrogen) atoms. The number of aromatic nitrogens is 1. The predicted octanol–water partition coefficient (Wildman–Crippen LogP) is 2.61. The normalized spacial score (nSPS) is 24.2. The van der Waals surface area contributed by atoms with Gasteiger partial charge in [-0.15, -0.1) is 0 Å². The average Bonchev–Trinajstić information content (AvgIpc) is 2.90. The number of benzene rings is 1. The number of carbonyl (C=O) groups is 1. The second-order valence-corrected chi connectivity index (χ2v) is 6.59. The number of H-pyrrole nitrogens is 1. The van der Waals surface area contributed by atoms with Gasteiger partial charge in [0.05, 0.1) is 6.61 Å². The first-order chi connectivity index (χ1) is 10.5. The van der Waals surface area contributed by atoms with E-state index in [-0.39, 0.29) is 17.9 Å². The molecule has 1 saturated heterocycles. The number of aliphatic hydroxyl groups is 1. The highest BCUT2D eigenvalue weighted by atomic mass is 16.3. The first kappa shape index (κ1) is 13.6. The molecule has 114 valence electrons. The van der Waals surface area contributed by atoms with Crippen molar-refractivity contribution in [1.29, 1.82) is 0 Å². The molecular formula is C18H20N2O2. The number of rotatable bonds is 1. The topological polar surface area (TPSA) is 56.3 Å². The lowest BCUT2D eigenvalue weighted by Crippen LogP contribution is -2.45. The lowest BCUT2D eigenvalue weighted by Gasteiger charge is -2.43. The van der Waals surface area contributed by atoms with Crippen molar-refractivity contribution in [2.45, 2.75) is 38.2 Å². The van der Waals surface area contributed by atoms with Gasteiger partial charge in [0, 0.05) is 41.2 Å². The molecule has 2 heterocycles. The van der Waals surface area contributed by atoms with Gasteiger partial charge in [0.1, 0.15) is 0 Å². The van der Waals surface area contributed by atoms with Crippen LogP contribution in [-0.4, -0.2) is 27.9 Å². The molecule has 2 N–H and O–H groups in total. The molecule has 1 amide bonds. The maximum atomic E-state index is 12.0. The molecule has 4 nitrogen and oxygen atoms in total. The van der Waals surface area contributed by atoms with Crippen LogP contribution in [0.4, 0.5) is 0 Å². The second kappa shape index (κ2) is 4.46. The highest BCUT2D eigenvalue weighted by Gasteiger charge is 2.44. The zero-order valence-corrected chi connectivity index (χ0v) is 12.9. The van der Waals surface area contributed by atoms with Crippen molar-refractivity contribution in [2.75, 3.05) is 7.05 Å². The third kappa shape index (κ3) is 1.64. The molecule has 0 bridgehead atoms. The quantitative estimate of drug-likeness (QED) is 0.850. The number of nitrogens with zero attached hydrogens (tertiary/aromatic N) is 1. The minimum absolute atomic E-state index is 0.0610. The summed E-state index contributed by atoms with van der Waals surface area (Å²) in [7, 11) is 1.88. The molecule has 1 aromatic carbocycles. The van der Waals surface area contributed by atoms with E-state index in [4.69, 9.17) is 0 Å². The maximum absolute atomic E-state index is 12.0. The van der Waals surface area contributed by atoms with Crippen molar-refractivity contribution < 1.29 is 9.90 Å². The molecule has 0 spiro atoms. The van der Waals surface area contributed by atoms with Gasteiger partial charge in [-0.3, -0.25) is 4.79 Å². The number of likely N-dealkylation sites (tertiary alicyclic amines) is 1. The maximum Gasteiger partial charge on any atom is 0.226 e. The van der Waals surface area contributed by atoms with Gasteiger partial charge in [-0.1, -0.05) is 12.1 Å². The van der Waals surface area contributed by atoms with Crippen molar-refractivity contribution >= 4 is 16.8 Å². The van der Waals surface area contributed by atoms with Crippen LogP contribution in [-0.2, 0) is 23.2 Å². The number of aliphatic hydroxyl groups excluding tert-OH is 1. The Kier molecular flexibility index (Phi) is 2.76. The highest BCUT2D eigenvalue weighted by Crippen LogP contribution is 2.47. The van der Waals surface area contributed by atoms with Gasteiger partial charge in [0.25, 0.3) is 0 Å². The van der Waals surface area contributed by atoms with E-state index < -0.39 is 0 Å². The minimum Gasteiger partial charge on any atom is -0.392 e. The third-order valence-corrected chi connectivity index (χ3v) is 5.34. The monoisotopic (exact) mass is 296 g/mol. The fourth-order valence-electron chi connectivity index (χ4n) is 4.05. The van der Waals surface area contributed by atoms with Crippen molar-refractivity contribution in [3.05, 3.63) is 46.8 Å². The van der Waals surface area contributed by atoms with E-state index in [2.05, 4.69) is 24.1 Å². The van der Waals surface area contributed by atoms with Crippen LogP contribution in [0, 0.1) is 0 Å². The molecule has 1 unspecified atom stereocenters. The molecular weight excluding hydrogens is 276 g/mol. The van der Waals surface area contributed by atoms with Crippen LogP contribution in [0.5, 0.6) is 0 Å². The highest BCUT2D eigenvalue weighted by molar-refractivity contribution is 5.88. The van der Waals surface area contributed by atoms with E-state index in [0.29, 0.717) is 6.42 Å². The molecule has 2 aromatic rings. The van der Waals surface area contributed by atoms with Crippen molar-refractivity contribution in [2.24, 2.45) is 0 Å². The van der Waals surface area contributed by atoms with E-state index in [1.165, 1.54) is 16.6 Å². The Labute approximate surface area is 129 Å². The van der Waals surface area contributed by atoms with Gasteiger partial charge < -0.3 is 15.0 Å². The number of hydrogen-bond acceptors (Lipinski definition) is 2. The first-order valence-corrected chi connectivity index (χ1v) is 7.76. The largest absolute Gasteiger partial charge is 0.392 e. The Balaban J connectivity index is 1.92. The molecule has 4 rings (SSSR count). The summed E-state index contributed by atoms with van der Waals surface area (Å²) in [5.74, 6) is 0.200. The zero-order chi connectivity index (χ0) is 15.5. The minimum atomic E-state index is -0.130. The Morgan fingerprint density at radius 2 is 2.23 bits per heavy atom. The number of hydrogen-bond donors (Lipinski definition) is 2. The summed E-state index contributed by atoms with van der Waals surface area (Å²) in [4.78, 5) is 17.4. The number of amides is 1. The molecule has 1 aliphatic heterocycles. The smallest absolute Gasteiger partial charge is 0.226 e. The van der Waals surface area contributed by atoms with Gasteiger partial charge in [0.15, 0.2) is 0 Å². The average molecular weight is 296 g/mol. The molecule has 1 fully saturated rings. The molecule has 2 aliphatic rings. The number of carbonyl (C=O) groups excluding carboxylic acids is 1. The molecule has 1 atom stereocenters. The second-order valence-electron chi connectivity index (χ2n) is 6.59. The summed E-state index contributed by atoms with van der Waals surface area (Å²) in [5.41, 5.74) is 5.57. The lowest BCUT2D eigenvalue weighted by molar-refractivity contribution is -0.130. The molecule has 1 aliphatic carbocycles. The van der Waals surface area contributed by atoms with E-state index >= 15 is 0 Å². The number of fused-ring (bicyclic) bond motifs is 5. The third-order valence-electron chi connectivity index (χ3n) is 5.34.